The second-order valence-electron chi connectivity index (χ2n) is 4.24. The molecule has 0 atom stereocenters. The van der Waals surface area contributed by atoms with Gasteiger partial charge in [0.25, 0.3) is 0 Å². The minimum atomic E-state index is -0.948. The number of nitrogens with zero attached hydrogens (tertiary/aromatic N) is 2. The van der Waals surface area contributed by atoms with Crippen molar-refractivity contribution in [3.05, 3.63) is 57.3 Å². The lowest BCUT2D eigenvalue weighted by Crippen LogP contribution is -2.01. The molecular weight excluding hydrogens is 308 g/mol. The zero-order chi connectivity index (χ0) is 14.0. The lowest BCUT2D eigenvalue weighted by atomic mass is 10.1. The summed E-state index contributed by atoms with van der Waals surface area (Å²) in [7, 11) is 0. The van der Waals surface area contributed by atoms with Crippen LogP contribution in [0.25, 0.3) is 0 Å². The Morgan fingerprint density at radius 1 is 1.47 bits per heavy atom. The van der Waals surface area contributed by atoms with Crippen LogP contribution in [0.5, 0.6) is 0 Å². The highest BCUT2D eigenvalue weighted by Crippen LogP contribution is 2.19. The van der Waals surface area contributed by atoms with E-state index in [1.807, 2.05) is 23.6 Å². The van der Waals surface area contributed by atoms with Crippen molar-refractivity contribution in [2.45, 2.75) is 13.5 Å². The lowest BCUT2D eigenvalue weighted by molar-refractivity contribution is 0.0697. The van der Waals surface area contributed by atoms with Crippen molar-refractivity contribution >= 4 is 21.9 Å². The van der Waals surface area contributed by atoms with Crippen LogP contribution in [0.3, 0.4) is 0 Å². The molecule has 5 heteroatoms. The van der Waals surface area contributed by atoms with Gasteiger partial charge in [0.05, 0.1) is 21.8 Å². The van der Waals surface area contributed by atoms with Crippen LogP contribution in [0.1, 0.15) is 27.0 Å². The molecule has 0 aliphatic rings. The Kier molecular flexibility index (Phi) is 3.72. The molecule has 2 rings (SSSR count). The number of benzene rings is 1. The van der Waals surface area contributed by atoms with Crippen molar-refractivity contribution in [1.82, 2.24) is 4.57 Å². The molecule has 0 spiro atoms. The first-order valence-corrected chi connectivity index (χ1v) is 6.39. The van der Waals surface area contributed by atoms with Crippen molar-refractivity contribution in [2.24, 2.45) is 0 Å². The van der Waals surface area contributed by atoms with E-state index >= 15 is 0 Å². The smallest absolute Gasteiger partial charge is 0.337 e. The minimum absolute atomic E-state index is 0.248. The SMILES string of the molecule is Cc1cc(C#N)ccc1Cn1cc(C(=O)O)cc1Br. The molecule has 1 heterocycles. The number of nitriles is 1. The molecule has 1 N–H and O–H groups in total. The van der Waals surface area contributed by atoms with Gasteiger partial charge in [0.15, 0.2) is 0 Å². The van der Waals surface area contributed by atoms with Gasteiger partial charge < -0.3 is 9.67 Å². The van der Waals surface area contributed by atoms with Gasteiger partial charge in [0.1, 0.15) is 0 Å². The van der Waals surface area contributed by atoms with Crippen LogP contribution in [-0.4, -0.2) is 15.6 Å². The highest BCUT2D eigenvalue weighted by atomic mass is 79.9. The first-order chi connectivity index (χ1) is 9.01. The summed E-state index contributed by atoms with van der Waals surface area (Å²) in [5, 5.41) is 17.8. The summed E-state index contributed by atoms with van der Waals surface area (Å²) < 4.78 is 2.53. The fourth-order valence-electron chi connectivity index (χ4n) is 1.84. The van der Waals surface area contributed by atoms with E-state index in [0.717, 1.165) is 11.1 Å². The molecule has 0 amide bonds. The van der Waals surface area contributed by atoms with Gasteiger partial charge in [-0.1, -0.05) is 6.07 Å². The van der Waals surface area contributed by atoms with Gasteiger partial charge in [0.2, 0.25) is 0 Å². The zero-order valence-corrected chi connectivity index (χ0v) is 11.8. The fraction of sp³-hybridized carbons (Fsp3) is 0.143. The number of aryl methyl sites for hydroxylation is 1. The first kappa shape index (κ1) is 13.4. The van der Waals surface area contributed by atoms with E-state index in [1.165, 1.54) is 0 Å². The Balaban J connectivity index is 2.31. The Bertz CT molecular complexity index is 683. The summed E-state index contributed by atoms with van der Waals surface area (Å²) in [6, 6.07) is 9.14. The van der Waals surface area contributed by atoms with E-state index in [1.54, 1.807) is 18.3 Å². The van der Waals surface area contributed by atoms with Gasteiger partial charge in [0, 0.05) is 12.7 Å². The zero-order valence-electron chi connectivity index (χ0n) is 10.2. The summed E-state index contributed by atoms with van der Waals surface area (Å²) in [5.41, 5.74) is 2.93. The number of aromatic nitrogens is 1. The summed E-state index contributed by atoms with van der Waals surface area (Å²) in [6.45, 7) is 2.50. The van der Waals surface area contributed by atoms with Crippen molar-refractivity contribution < 1.29 is 9.90 Å². The van der Waals surface area contributed by atoms with Gasteiger partial charge in [-0.2, -0.15) is 5.26 Å². The maximum atomic E-state index is 10.9. The highest BCUT2D eigenvalue weighted by Gasteiger charge is 2.10. The van der Waals surface area contributed by atoms with E-state index in [-0.39, 0.29) is 5.56 Å². The highest BCUT2D eigenvalue weighted by molar-refractivity contribution is 9.10. The molecule has 0 aliphatic carbocycles. The largest absolute Gasteiger partial charge is 0.478 e. The molecule has 0 unspecified atom stereocenters. The van der Waals surface area contributed by atoms with E-state index in [0.29, 0.717) is 16.7 Å². The Morgan fingerprint density at radius 2 is 2.21 bits per heavy atom. The Hall–Kier alpha value is -2.06. The number of carbonyl (C=O) groups is 1. The maximum Gasteiger partial charge on any atom is 0.337 e. The summed E-state index contributed by atoms with van der Waals surface area (Å²) in [4.78, 5) is 10.9. The molecule has 0 saturated heterocycles. The molecule has 0 aliphatic heterocycles. The summed E-state index contributed by atoms with van der Waals surface area (Å²) in [5.74, 6) is -0.948. The summed E-state index contributed by atoms with van der Waals surface area (Å²) >= 11 is 3.34. The topological polar surface area (TPSA) is 66.0 Å². The molecule has 1 aromatic carbocycles. The molecule has 1 aromatic heterocycles. The van der Waals surface area contributed by atoms with Crippen molar-refractivity contribution in [3.63, 3.8) is 0 Å². The monoisotopic (exact) mass is 318 g/mol. The average molecular weight is 319 g/mol. The van der Waals surface area contributed by atoms with E-state index in [4.69, 9.17) is 10.4 Å². The van der Waals surface area contributed by atoms with Crippen LogP contribution >= 0.6 is 15.9 Å². The third kappa shape index (κ3) is 2.85. The fourth-order valence-corrected chi connectivity index (χ4v) is 2.32. The predicted octanol–water partition coefficient (Wildman–Crippen LogP) is 3.18. The van der Waals surface area contributed by atoms with Crippen LogP contribution in [0.4, 0.5) is 0 Å². The first-order valence-electron chi connectivity index (χ1n) is 5.60. The van der Waals surface area contributed by atoms with Crippen LogP contribution in [0.2, 0.25) is 0 Å². The third-order valence-corrected chi connectivity index (χ3v) is 3.59. The number of halogens is 1. The van der Waals surface area contributed by atoms with Gasteiger partial charge >= 0.3 is 5.97 Å². The van der Waals surface area contributed by atoms with Crippen LogP contribution in [0.15, 0.2) is 35.1 Å². The quantitative estimate of drug-likeness (QED) is 0.945. The molecule has 19 heavy (non-hydrogen) atoms. The average Bonchev–Trinajstić information content (AvgIpc) is 2.73. The normalized spacial score (nSPS) is 10.2. The summed E-state index contributed by atoms with van der Waals surface area (Å²) in [6.07, 6.45) is 1.59. The number of hydrogen-bond acceptors (Lipinski definition) is 2. The molecule has 2 aromatic rings. The lowest BCUT2D eigenvalue weighted by Gasteiger charge is -2.08. The second-order valence-corrected chi connectivity index (χ2v) is 5.05. The van der Waals surface area contributed by atoms with Gasteiger partial charge in [-0.05, 0) is 52.2 Å². The third-order valence-electron chi connectivity index (χ3n) is 2.90. The van der Waals surface area contributed by atoms with E-state index in [9.17, 15) is 4.79 Å². The maximum absolute atomic E-state index is 10.9. The molecular formula is C14H11BrN2O2. The van der Waals surface area contributed by atoms with Crippen molar-refractivity contribution in [2.75, 3.05) is 0 Å². The standard InChI is InChI=1S/C14H11BrN2O2/c1-9-4-10(6-16)2-3-11(9)7-17-8-12(14(18)19)5-13(17)15/h2-5,8H,7H2,1H3,(H,18,19). The van der Waals surface area contributed by atoms with Crippen LogP contribution in [-0.2, 0) is 6.54 Å². The molecule has 0 radical (unpaired) electrons. The molecule has 96 valence electrons. The Labute approximate surface area is 119 Å². The van der Waals surface area contributed by atoms with Crippen LogP contribution < -0.4 is 0 Å². The van der Waals surface area contributed by atoms with Gasteiger partial charge in [-0.3, -0.25) is 0 Å². The second kappa shape index (κ2) is 5.29. The van der Waals surface area contributed by atoms with Gasteiger partial charge in [-0.15, -0.1) is 0 Å². The number of hydrogen-bond donors (Lipinski definition) is 1. The number of carboxylic acid groups (broad SMARTS) is 1. The van der Waals surface area contributed by atoms with Crippen molar-refractivity contribution in [3.8, 4) is 6.07 Å². The predicted molar refractivity (Wildman–Crippen MR) is 74.1 cm³/mol. The molecule has 0 saturated carbocycles. The number of carboxylic acids is 1. The molecule has 4 nitrogen and oxygen atoms in total. The van der Waals surface area contributed by atoms with E-state index in [2.05, 4.69) is 22.0 Å². The van der Waals surface area contributed by atoms with E-state index < -0.39 is 5.97 Å². The molecule has 0 bridgehead atoms. The Morgan fingerprint density at radius 3 is 2.74 bits per heavy atom. The van der Waals surface area contributed by atoms with Crippen molar-refractivity contribution in [1.29, 1.82) is 5.26 Å². The minimum Gasteiger partial charge on any atom is -0.478 e. The van der Waals surface area contributed by atoms with Crippen LogP contribution in [0, 0.1) is 18.3 Å². The van der Waals surface area contributed by atoms with Gasteiger partial charge in [-0.25, -0.2) is 4.79 Å². The number of aromatic carboxylic acids is 1. The number of rotatable bonds is 3. The molecule has 0 fully saturated rings.